The number of methoxy groups -OCH3 is 1. The fourth-order valence-electron chi connectivity index (χ4n) is 2.95. The van der Waals surface area contributed by atoms with Gasteiger partial charge in [-0.3, -0.25) is 9.79 Å². The van der Waals surface area contributed by atoms with E-state index in [0.29, 0.717) is 6.42 Å². The van der Waals surface area contributed by atoms with Gasteiger partial charge >= 0.3 is 17.1 Å². The number of nitrogens with zero attached hydrogens (tertiary/aromatic N) is 2. The van der Waals surface area contributed by atoms with E-state index in [1.165, 1.54) is 11.3 Å². The van der Waals surface area contributed by atoms with E-state index in [2.05, 4.69) is 61.5 Å². The molecule has 0 aliphatic carbocycles. The molecule has 0 fully saturated rings. The van der Waals surface area contributed by atoms with Crippen LogP contribution in [0, 0.1) is 6.54 Å². The number of hydrogen-bond donors (Lipinski definition) is 0. The predicted octanol–water partition coefficient (Wildman–Crippen LogP) is 4.43. The smallest absolute Gasteiger partial charge is 0.522 e. The summed E-state index contributed by atoms with van der Waals surface area (Å²) in [4.78, 5) is 17.2. The Balaban J connectivity index is 0.000000466. The molecule has 0 saturated heterocycles. The van der Waals surface area contributed by atoms with Crippen molar-refractivity contribution in [2.45, 2.75) is 52.9 Å². The van der Waals surface area contributed by atoms with Crippen LogP contribution >= 0.6 is 0 Å². The summed E-state index contributed by atoms with van der Waals surface area (Å²) in [7, 11) is 1.67. The molecule has 0 unspecified atom stereocenters. The summed E-state index contributed by atoms with van der Waals surface area (Å²) < 4.78 is 4.87. The standard InChI is InChI=1S/C12H16N.C9H17NO2.Cu/c1-4-13-9-12(2,3)10-7-5-6-8-11(10)13;1-8(7-9(2)11)10-5-4-6-12-3;/h5-9H,4H2,1-3H3;4-7H2,1-3H3;/q-1;;+1. The second kappa shape index (κ2) is 12.3. The Morgan fingerprint density at radius 3 is 2.50 bits per heavy atom. The molecule has 5 heteroatoms. The molecule has 0 aromatic heterocycles. The summed E-state index contributed by atoms with van der Waals surface area (Å²) in [6.07, 6.45) is 1.40. The Morgan fingerprint density at radius 1 is 1.27 bits per heavy atom. The fourth-order valence-corrected chi connectivity index (χ4v) is 2.95. The molecule has 0 N–H and O–H groups in total. The van der Waals surface area contributed by atoms with E-state index in [1.807, 2.05) is 6.92 Å². The molecule has 1 aromatic carbocycles. The number of benzene rings is 1. The number of aliphatic imine (C=N–C) groups is 1. The number of carbonyl (C=O) groups is 1. The summed E-state index contributed by atoms with van der Waals surface area (Å²) in [5, 5.41) is 0. The van der Waals surface area contributed by atoms with Crippen molar-refractivity contribution in [1.29, 1.82) is 0 Å². The van der Waals surface area contributed by atoms with Crippen molar-refractivity contribution in [1.82, 2.24) is 0 Å². The maximum absolute atomic E-state index is 10.6. The van der Waals surface area contributed by atoms with Gasteiger partial charge in [0.05, 0.1) is 0 Å². The van der Waals surface area contributed by atoms with Crippen molar-refractivity contribution in [3.8, 4) is 0 Å². The zero-order valence-electron chi connectivity index (χ0n) is 16.9. The largest absolute Gasteiger partial charge is 1.00 e. The Labute approximate surface area is 169 Å². The molecule has 0 radical (unpaired) electrons. The number of likely N-dealkylation sites (N-methyl/N-ethyl adjacent to an activating group) is 1. The van der Waals surface area contributed by atoms with Gasteiger partial charge in [-0.25, -0.2) is 6.54 Å². The van der Waals surface area contributed by atoms with E-state index in [0.717, 1.165) is 31.8 Å². The van der Waals surface area contributed by atoms with Crippen LogP contribution in [0.5, 0.6) is 0 Å². The van der Waals surface area contributed by atoms with Crippen LogP contribution < -0.4 is 4.90 Å². The van der Waals surface area contributed by atoms with E-state index in [9.17, 15) is 4.79 Å². The van der Waals surface area contributed by atoms with Crippen LogP contribution in [0.3, 0.4) is 0 Å². The number of anilines is 1. The fraction of sp³-hybridized carbons (Fsp3) is 0.571. The average molecular weight is 409 g/mol. The summed E-state index contributed by atoms with van der Waals surface area (Å²) in [5.74, 6) is 0.169. The zero-order chi connectivity index (χ0) is 18.9. The van der Waals surface area contributed by atoms with Crippen molar-refractivity contribution in [3.05, 3.63) is 36.4 Å². The molecular weight excluding hydrogens is 376 g/mol. The number of ketones is 1. The molecule has 1 aliphatic rings. The molecule has 150 valence electrons. The molecule has 1 heterocycles. The van der Waals surface area contributed by atoms with E-state index >= 15 is 0 Å². The molecule has 26 heavy (non-hydrogen) atoms. The van der Waals surface area contributed by atoms with Gasteiger partial charge in [0.25, 0.3) is 0 Å². The second-order valence-electron chi connectivity index (χ2n) is 7.00. The molecule has 4 nitrogen and oxygen atoms in total. The third-order valence-electron chi connectivity index (χ3n) is 4.12. The van der Waals surface area contributed by atoms with Crippen LogP contribution in [0.2, 0.25) is 0 Å². The Bertz CT molecular complexity index is 585. The van der Waals surface area contributed by atoms with Crippen LogP contribution in [-0.2, 0) is 32.0 Å². The number of para-hydroxylation sites is 1. The van der Waals surface area contributed by atoms with E-state index < -0.39 is 0 Å². The van der Waals surface area contributed by atoms with Gasteiger partial charge in [-0.15, -0.1) is 5.41 Å². The van der Waals surface area contributed by atoms with Crippen LogP contribution in [-0.4, -0.2) is 38.3 Å². The van der Waals surface area contributed by atoms with Gasteiger partial charge in [-0.2, -0.15) is 0 Å². The number of hydrogen-bond acceptors (Lipinski definition) is 4. The summed E-state index contributed by atoms with van der Waals surface area (Å²) in [6.45, 7) is 15.0. The quantitative estimate of drug-likeness (QED) is 0.290. The van der Waals surface area contributed by atoms with Crippen molar-refractivity contribution in [2.24, 2.45) is 4.99 Å². The van der Waals surface area contributed by atoms with Gasteiger partial charge in [0.1, 0.15) is 5.78 Å². The summed E-state index contributed by atoms with van der Waals surface area (Å²) in [6, 6.07) is 8.65. The molecule has 1 aliphatic heterocycles. The Morgan fingerprint density at radius 2 is 1.92 bits per heavy atom. The minimum Gasteiger partial charge on any atom is -0.522 e. The number of fused-ring (bicyclic) bond motifs is 1. The van der Waals surface area contributed by atoms with Gasteiger partial charge in [0, 0.05) is 38.1 Å². The van der Waals surface area contributed by atoms with Crippen LogP contribution in [0.1, 0.15) is 53.0 Å². The monoisotopic (exact) mass is 408 g/mol. The number of carbonyl (C=O) groups excluding carboxylic acids is 1. The van der Waals surface area contributed by atoms with Gasteiger partial charge in [0.15, 0.2) is 0 Å². The molecule has 0 bridgehead atoms. The number of rotatable bonds is 7. The average Bonchev–Trinajstić information content (AvgIpc) is 2.83. The van der Waals surface area contributed by atoms with Crippen molar-refractivity contribution in [2.75, 3.05) is 31.7 Å². The topological polar surface area (TPSA) is 41.9 Å². The van der Waals surface area contributed by atoms with Gasteiger partial charge < -0.3 is 9.64 Å². The first-order valence-electron chi connectivity index (χ1n) is 9.02. The minimum absolute atomic E-state index is 0. The maximum atomic E-state index is 10.6. The first kappa shape index (κ1) is 24.8. The minimum atomic E-state index is 0. The molecule has 0 atom stereocenters. The van der Waals surface area contributed by atoms with Crippen molar-refractivity contribution in [3.63, 3.8) is 0 Å². The third kappa shape index (κ3) is 8.03. The van der Waals surface area contributed by atoms with Crippen molar-refractivity contribution < 1.29 is 26.6 Å². The van der Waals surface area contributed by atoms with Crippen LogP contribution in [0.15, 0.2) is 29.3 Å². The zero-order valence-corrected chi connectivity index (χ0v) is 17.9. The van der Waals surface area contributed by atoms with Crippen LogP contribution in [0.25, 0.3) is 0 Å². The normalized spacial score (nSPS) is 14.8. The Hall–Kier alpha value is -1.16. The summed E-state index contributed by atoms with van der Waals surface area (Å²) >= 11 is 0. The SMILES string of the molecule is CCN1[CH-]C(C)(C)c2ccccc21.COCCCN=C(C)CC(C)=O.[Cu+]. The van der Waals surface area contributed by atoms with Crippen LogP contribution in [0.4, 0.5) is 5.69 Å². The molecular formula is C21H33CuN2O2. The molecule has 0 saturated carbocycles. The third-order valence-corrected chi connectivity index (χ3v) is 4.12. The first-order chi connectivity index (χ1) is 11.8. The van der Waals surface area contributed by atoms with Gasteiger partial charge in [0.2, 0.25) is 0 Å². The molecule has 1 aromatic rings. The second-order valence-corrected chi connectivity index (χ2v) is 7.00. The van der Waals surface area contributed by atoms with Gasteiger partial charge in [-0.1, -0.05) is 39.0 Å². The Kier molecular flexibility index (Phi) is 11.7. The molecule has 0 amide bonds. The maximum Gasteiger partial charge on any atom is 1.00 e. The van der Waals surface area contributed by atoms with Gasteiger partial charge in [-0.05, 0) is 38.4 Å². The van der Waals surface area contributed by atoms with E-state index in [4.69, 9.17) is 4.74 Å². The number of ether oxygens (including phenoxy) is 1. The van der Waals surface area contributed by atoms with Crippen molar-refractivity contribution >= 4 is 17.2 Å². The molecule has 2 rings (SSSR count). The first-order valence-corrected chi connectivity index (χ1v) is 9.02. The predicted molar refractivity (Wildman–Crippen MR) is 107 cm³/mol. The molecule has 0 spiro atoms. The summed E-state index contributed by atoms with van der Waals surface area (Å²) in [5.41, 5.74) is 3.93. The van der Waals surface area contributed by atoms with E-state index in [-0.39, 0.29) is 28.3 Å². The number of Topliss-reactive ketones (excluding diaryl/α,β-unsaturated/α-hetero) is 1. The van der Waals surface area contributed by atoms with E-state index in [1.54, 1.807) is 14.0 Å².